The number of hydrogen-bond acceptors (Lipinski definition) is 6. The van der Waals surface area contributed by atoms with Gasteiger partial charge in [0, 0.05) is 29.6 Å². The van der Waals surface area contributed by atoms with E-state index in [-0.39, 0.29) is 36.4 Å². The average Bonchev–Trinajstić information content (AvgIpc) is 2.77. The first kappa shape index (κ1) is 21.9. The molecule has 0 unspecified atom stereocenters. The van der Waals surface area contributed by atoms with Crippen LogP contribution in [0, 0.1) is 0 Å². The first-order valence-electron chi connectivity index (χ1n) is 9.68. The second kappa shape index (κ2) is 10.9. The van der Waals surface area contributed by atoms with Gasteiger partial charge in [-0.3, -0.25) is 9.78 Å². The van der Waals surface area contributed by atoms with Crippen LogP contribution in [0.15, 0.2) is 42.9 Å². The van der Waals surface area contributed by atoms with Gasteiger partial charge in [0.2, 0.25) is 0 Å². The summed E-state index contributed by atoms with van der Waals surface area (Å²) in [6.45, 7) is 0.200. The van der Waals surface area contributed by atoms with E-state index in [1.54, 1.807) is 24.3 Å². The van der Waals surface area contributed by atoms with Crippen molar-refractivity contribution < 1.29 is 19.4 Å². The highest BCUT2D eigenvalue weighted by atomic mass is 35.5. The van der Waals surface area contributed by atoms with Gasteiger partial charge < -0.3 is 25.8 Å². The predicted molar refractivity (Wildman–Crippen MR) is 111 cm³/mol. The van der Waals surface area contributed by atoms with Crippen LogP contribution >= 0.6 is 11.6 Å². The fourth-order valence-electron chi connectivity index (χ4n) is 3.22. The smallest absolute Gasteiger partial charge is 0.319 e. The average molecular weight is 434 g/mol. The summed E-state index contributed by atoms with van der Waals surface area (Å²) in [6.07, 6.45) is 5.62. The largest absolute Gasteiger partial charge is 0.394 e. The summed E-state index contributed by atoms with van der Waals surface area (Å²) in [5, 5.41) is 18.6. The van der Waals surface area contributed by atoms with Crippen LogP contribution in [-0.4, -0.2) is 58.4 Å². The van der Waals surface area contributed by atoms with E-state index in [2.05, 4.69) is 25.9 Å². The molecule has 0 aliphatic carbocycles. The summed E-state index contributed by atoms with van der Waals surface area (Å²) >= 11 is 5.82. The lowest BCUT2D eigenvalue weighted by Gasteiger charge is -2.36. The van der Waals surface area contributed by atoms with Crippen molar-refractivity contribution in [2.45, 2.75) is 37.5 Å². The number of urea groups is 1. The van der Waals surface area contributed by atoms with Gasteiger partial charge in [-0.25, -0.2) is 9.78 Å². The number of nitrogens with zero attached hydrogens (tertiary/aromatic N) is 2. The molecule has 0 spiro atoms. The fourth-order valence-corrected chi connectivity index (χ4v) is 3.35. The lowest BCUT2D eigenvalue weighted by atomic mass is 9.97. The number of aliphatic hydroxyl groups is 1. The van der Waals surface area contributed by atoms with E-state index in [9.17, 15) is 14.7 Å². The first-order chi connectivity index (χ1) is 14.5. The number of aromatic nitrogens is 2. The van der Waals surface area contributed by atoms with Crippen LogP contribution in [-0.2, 0) is 4.74 Å². The highest BCUT2D eigenvalue weighted by Gasteiger charge is 2.32. The molecule has 10 heteroatoms. The molecule has 0 saturated carbocycles. The Kier molecular flexibility index (Phi) is 7.95. The molecule has 2 heterocycles. The fraction of sp³-hybridized carbons (Fsp3) is 0.400. The van der Waals surface area contributed by atoms with Crippen LogP contribution in [0.3, 0.4) is 0 Å². The lowest BCUT2D eigenvalue weighted by Crippen LogP contribution is -2.51. The molecule has 4 N–H and O–H groups in total. The van der Waals surface area contributed by atoms with Crippen LogP contribution in [0.2, 0.25) is 5.02 Å². The van der Waals surface area contributed by atoms with Crippen molar-refractivity contribution in [1.29, 1.82) is 0 Å². The number of rotatable bonds is 7. The number of carbonyl (C=O) groups excluding carboxylic acids is 2. The van der Waals surface area contributed by atoms with Crippen LogP contribution in [0.25, 0.3) is 0 Å². The molecular formula is C20H24ClN5O4. The van der Waals surface area contributed by atoms with Crippen molar-refractivity contribution in [3.8, 4) is 0 Å². The number of hydrogen-bond donors (Lipinski definition) is 4. The standard InChI is InChI=1S/C20H24ClN5O4/c21-13-1-3-14(4-2-13)25-20(29)24-8-7-15-5-6-16(18(12-27)30-15)26-19(28)17-11-22-9-10-23-17/h1-4,9-11,15-16,18,27H,5-8,12H2,(H,26,28)(H2,24,25,29)/t15-,16+,18+/m1/s1. The number of benzene rings is 1. The van der Waals surface area contributed by atoms with Gasteiger partial charge in [-0.1, -0.05) is 11.6 Å². The van der Waals surface area contributed by atoms with Gasteiger partial charge in [-0.2, -0.15) is 0 Å². The van der Waals surface area contributed by atoms with Crippen molar-refractivity contribution in [3.05, 3.63) is 53.6 Å². The van der Waals surface area contributed by atoms with Crippen molar-refractivity contribution >= 4 is 29.2 Å². The predicted octanol–water partition coefficient (Wildman–Crippen LogP) is 1.98. The number of aliphatic hydroxyl groups excluding tert-OH is 1. The number of halogens is 1. The zero-order valence-electron chi connectivity index (χ0n) is 16.3. The summed E-state index contributed by atoms with van der Waals surface area (Å²) in [6, 6.07) is 6.19. The third-order valence-electron chi connectivity index (χ3n) is 4.76. The summed E-state index contributed by atoms with van der Waals surface area (Å²) in [5.41, 5.74) is 0.861. The first-order valence-corrected chi connectivity index (χ1v) is 10.1. The number of ether oxygens (including phenoxy) is 1. The molecule has 3 atom stereocenters. The summed E-state index contributed by atoms with van der Waals surface area (Å²) in [5.74, 6) is -0.353. The Morgan fingerprint density at radius 1 is 1.20 bits per heavy atom. The van der Waals surface area contributed by atoms with Crippen LogP contribution in [0.4, 0.5) is 10.5 Å². The van der Waals surface area contributed by atoms with Gasteiger partial charge >= 0.3 is 6.03 Å². The number of nitrogens with one attached hydrogen (secondary N) is 3. The molecule has 1 aromatic heterocycles. The highest BCUT2D eigenvalue weighted by molar-refractivity contribution is 6.30. The number of anilines is 1. The van der Waals surface area contributed by atoms with E-state index in [0.717, 1.165) is 0 Å². The SMILES string of the molecule is O=C(NCC[C@H]1CC[C@H](NC(=O)c2cnccn2)[C@H](CO)O1)Nc1ccc(Cl)cc1. The second-order valence-electron chi connectivity index (χ2n) is 6.90. The van der Waals surface area contributed by atoms with Crippen LogP contribution in [0.1, 0.15) is 29.8 Å². The molecule has 1 saturated heterocycles. The molecule has 30 heavy (non-hydrogen) atoms. The molecule has 0 bridgehead atoms. The van der Waals surface area contributed by atoms with Crippen molar-refractivity contribution in [3.63, 3.8) is 0 Å². The van der Waals surface area contributed by atoms with E-state index in [0.29, 0.717) is 36.5 Å². The summed E-state index contributed by atoms with van der Waals surface area (Å²) in [4.78, 5) is 32.1. The molecule has 1 aliphatic heterocycles. The lowest BCUT2D eigenvalue weighted by molar-refractivity contribution is -0.0892. The normalized spacial score (nSPS) is 20.9. The third kappa shape index (κ3) is 6.38. The molecule has 0 radical (unpaired) electrons. The van der Waals surface area contributed by atoms with E-state index >= 15 is 0 Å². The molecule has 3 amide bonds. The zero-order chi connectivity index (χ0) is 21.3. The van der Waals surface area contributed by atoms with Crippen LogP contribution < -0.4 is 16.0 Å². The number of amides is 3. The zero-order valence-corrected chi connectivity index (χ0v) is 17.0. The molecule has 1 aliphatic rings. The van der Waals surface area contributed by atoms with E-state index < -0.39 is 6.10 Å². The molecule has 3 rings (SSSR count). The monoisotopic (exact) mass is 433 g/mol. The Morgan fingerprint density at radius 2 is 2.00 bits per heavy atom. The van der Waals surface area contributed by atoms with Gasteiger partial charge in [0.1, 0.15) is 11.8 Å². The molecule has 2 aromatic rings. The van der Waals surface area contributed by atoms with Crippen LogP contribution in [0.5, 0.6) is 0 Å². The molecular weight excluding hydrogens is 410 g/mol. The quantitative estimate of drug-likeness (QED) is 0.529. The van der Waals surface area contributed by atoms with Gasteiger partial charge in [0.15, 0.2) is 0 Å². The van der Waals surface area contributed by atoms with Gasteiger partial charge in [0.05, 0.1) is 24.9 Å². The van der Waals surface area contributed by atoms with Crippen molar-refractivity contribution in [2.24, 2.45) is 0 Å². The van der Waals surface area contributed by atoms with Crippen molar-refractivity contribution in [1.82, 2.24) is 20.6 Å². The summed E-state index contributed by atoms with van der Waals surface area (Å²) in [7, 11) is 0. The third-order valence-corrected chi connectivity index (χ3v) is 5.01. The maximum Gasteiger partial charge on any atom is 0.319 e. The van der Waals surface area contributed by atoms with Gasteiger partial charge in [-0.05, 0) is 43.5 Å². The molecule has 1 fully saturated rings. The van der Waals surface area contributed by atoms with Gasteiger partial charge in [0.25, 0.3) is 5.91 Å². The van der Waals surface area contributed by atoms with Gasteiger partial charge in [-0.15, -0.1) is 0 Å². The summed E-state index contributed by atoms with van der Waals surface area (Å²) < 4.78 is 5.91. The number of carbonyl (C=O) groups is 2. The van der Waals surface area contributed by atoms with E-state index in [4.69, 9.17) is 16.3 Å². The Morgan fingerprint density at radius 3 is 2.70 bits per heavy atom. The minimum absolute atomic E-state index is 0.123. The minimum Gasteiger partial charge on any atom is -0.394 e. The van der Waals surface area contributed by atoms with Crippen molar-refractivity contribution in [2.75, 3.05) is 18.5 Å². The molecule has 1 aromatic carbocycles. The Hall–Kier alpha value is -2.75. The molecule has 160 valence electrons. The Bertz CT molecular complexity index is 837. The maximum absolute atomic E-state index is 12.3. The van der Waals surface area contributed by atoms with E-state index in [1.807, 2.05) is 0 Å². The Labute approximate surface area is 179 Å². The Balaban J connectivity index is 1.40. The van der Waals surface area contributed by atoms with E-state index in [1.165, 1.54) is 18.6 Å². The molecule has 9 nitrogen and oxygen atoms in total. The highest BCUT2D eigenvalue weighted by Crippen LogP contribution is 2.22. The minimum atomic E-state index is -0.521. The maximum atomic E-state index is 12.3. The second-order valence-corrected chi connectivity index (χ2v) is 7.34. The topological polar surface area (TPSA) is 125 Å².